The zero-order valence-electron chi connectivity index (χ0n) is 4.71. The van der Waals surface area contributed by atoms with Gasteiger partial charge >= 0.3 is 10.1 Å². The van der Waals surface area contributed by atoms with Gasteiger partial charge in [0.2, 0.25) is 0 Å². The topological polar surface area (TPSA) is 78.4 Å². The summed E-state index contributed by atoms with van der Waals surface area (Å²) in [4.78, 5) is 0. The van der Waals surface area contributed by atoms with Gasteiger partial charge in [-0.15, -0.1) is 6.58 Å². The average molecular weight is 157 g/mol. The smallest absolute Gasteiger partial charge is 0.301 e. The van der Waals surface area contributed by atoms with E-state index in [2.05, 4.69) is 11.0 Å². The molecule has 0 fully saturated rings. The van der Waals surface area contributed by atoms with Crippen molar-refractivity contribution in [3.05, 3.63) is 12.7 Å². The Labute approximate surface area is 52.9 Å². The zero-order chi connectivity index (χ0) is 6.62. The van der Waals surface area contributed by atoms with Crippen LogP contribution >= 0.6 is 0 Å². The van der Waals surface area contributed by atoms with Crippen LogP contribution in [0.25, 0.3) is 0 Å². The van der Waals surface area contributed by atoms with Gasteiger partial charge in [0.05, 0.1) is 5.75 Å². The summed E-state index contributed by atoms with van der Waals surface area (Å²) in [7, 11) is -3.95. The summed E-state index contributed by atoms with van der Waals surface area (Å²) in [6.45, 7) is 3.07. The van der Waals surface area contributed by atoms with Crippen LogP contribution in [0, 0.1) is 0 Å². The highest BCUT2D eigenvalue weighted by Crippen LogP contribution is 1.91. The number of halogens is 1. The van der Waals surface area contributed by atoms with Crippen molar-refractivity contribution in [3.63, 3.8) is 0 Å². The van der Waals surface area contributed by atoms with Crippen molar-refractivity contribution in [2.24, 2.45) is 0 Å². The molecule has 0 atom stereocenters. The van der Waals surface area contributed by atoms with E-state index in [4.69, 9.17) is 0 Å². The van der Waals surface area contributed by atoms with Crippen LogP contribution < -0.4 is 6.15 Å². The molecule has 0 aromatic rings. The normalized spacial score (nSPS) is 9.89. The average Bonchev–Trinajstić information content (AvgIpc) is 1.67. The predicted molar refractivity (Wildman–Crippen MR) is 31.2 cm³/mol. The number of rotatable bonds is 3. The van der Waals surface area contributed by atoms with E-state index in [1.54, 1.807) is 0 Å². The van der Waals surface area contributed by atoms with E-state index in [9.17, 15) is 12.9 Å². The van der Waals surface area contributed by atoms with Crippen LogP contribution in [-0.4, -0.2) is 14.2 Å². The summed E-state index contributed by atoms with van der Waals surface area (Å²) in [5.74, 6) is -0.497. The van der Waals surface area contributed by atoms with Crippen LogP contribution in [0.5, 0.6) is 0 Å². The molecule has 0 rings (SSSR count). The van der Waals surface area contributed by atoms with Gasteiger partial charge in [0, 0.05) is 0 Å². The molecular formula is C3H8FNO3S. The van der Waals surface area contributed by atoms with Crippen LogP contribution in [0.3, 0.4) is 0 Å². The summed E-state index contributed by atoms with van der Waals surface area (Å²) >= 11 is 0. The minimum absolute atomic E-state index is 0. The largest absolute Gasteiger partial charge is 0.344 e. The van der Waals surface area contributed by atoms with Gasteiger partial charge in [0.1, 0.15) is 0 Å². The lowest BCUT2D eigenvalue weighted by Gasteiger charge is -1.86. The maximum Gasteiger partial charge on any atom is 0.301 e. The van der Waals surface area contributed by atoms with Crippen molar-refractivity contribution in [1.82, 2.24) is 6.15 Å². The van der Waals surface area contributed by atoms with Crippen LogP contribution in [-0.2, 0) is 14.5 Å². The molecule has 3 N–H and O–H groups in total. The first-order valence-electron chi connectivity index (χ1n) is 1.76. The highest BCUT2D eigenvalue weighted by molar-refractivity contribution is 7.86. The third-order valence-corrected chi connectivity index (χ3v) is 1.25. The van der Waals surface area contributed by atoms with Crippen LogP contribution in [0.1, 0.15) is 0 Å². The Morgan fingerprint density at radius 1 is 1.67 bits per heavy atom. The molecule has 56 valence electrons. The zero-order valence-corrected chi connectivity index (χ0v) is 5.53. The first kappa shape index (κ1) is 11.4. The predicted octanol–water partition coefficient (Wildman–Crippen LogP) is 0.565. The summed E-state index contributed by atoms with van der Waals surface area (Å²) in [6.07, 6.45) is 1.04. The highest BCUT2D eigenvalue weighted by Gasteiger charge is 2.06. The molecule has 6 heteroatoms. The standard InChI is InChI=1S/C3H5FO3S.H3N/c1-2-3-8(5,6)7-4;/h2H,1,3H2;1H3. The first-order chi connectivity index (χ1) is 3.62. The third kappa shape index (κ3) is 5.41. The van der Waals surface area contributed by atoms with Gasteiger partial charge in [-0.1, -0.05) is 10.5 Å². The molecule has 0 spiro atoms. The second kappa shape index (κ2) is 4.42. The molecule has 0 radical (unpaired) electrons. The van der Waals surface area contributed by atoms with Gasteiger partial charge in [0.25, 0.3) is 0 Å². The van der Waals surface area contributed by atoms with Gasteiger partial charge in [-0.25, -0.2) is 0 Å². The molecule has 0 amide bonds. The third-order valence-electron chi connectivity index (χ3n) is 0.418. The van der Waals surface area contributed by atoms with Crippen molar-refractivity contribution in [2.75, 3.05) is 5.75 Å². The molecule has 4 nitrogen and oxygen atoms in total. The highest BCUT2D eigenvalue weighted by atomic mass is 32.2. The van der Waals surface area contributed by atoms with Crippen LogP contribution in [0.2, 0.25) is 0 Å². The molecule has 0 unspecified atom stereocenters. The fourth-order valence-corrected chi connectivity index (χ4v) is 0.510. The Morgan fingerprint density at radius 2 is 2.11 bits per heavy atom. The summed E-state index contributed by atoms with van der Waals surface area (Å²) in [5, 5.41) is 0. The van der Waals surface area contributed by atoms with Gasteiger partial charge < -0.3 is 6.15 Å². The molecule has 0 aromatic heterocycles. The minimum atomic E-state index is -3.95. The monoisotopic (exact) mass is 157 g/mol. The molecule has 9 heavy (non-hydrogen) atoms. The van der Waals surface area contributed by atoms with Crippen molar-refractivity contribution >= 4 is 10.1 Å². The summed E-state index contributed by atoms with van der Waals surface area (Å²) in [6, 6.07) is 0. The molecular weight excluding hydrogens is 149 g/mol. The Kier molecular flexibility index (Phi) is 5.58. The molecule has 0 saturated heterocycles. The summed E-state index contributed by atoms with van der Waals surface area (Å²) in [5.41, 5.74) is 0. The van der Waals surface area contributed by atoms with E-state index in [1.165, 1.54) is 0 Å². The first-order valence-corrected chi connectivity index (χ1v) is 3.34. The van der Waals surface area contributed by atoms with Gasteiger partial charge in [-0.05, 0) is 4.53 Å². The van der Waals surface area contributed by atoms with Crippen molar-refractivity contribution in [2.45, 2.75) is 0 Å². The lowest BCUT2D eigenvalue weighted by atomic mass is 10.8. The summed E-state index contributed by atoms with van der Waals surface area (Å²) < 4.78 is 33.3. The lowest BCUT2D eigenvalue weighted by molar-refractivity contribution is 0.00348. The molecule has 0 aliphatic rings. The van der Waals surface area contributed by atoms with Gasteiger partial charge in [-0.3, -0.25) is 0 Å². The van der Waals surface area contributed by atoms with E-state index < -0.39 is 15.9 Å². The second-order valence-corrected chi connectivity index (χ2v) is 2.65. The van der Waals surface area contributed by atoms with Crippen molar-refractivity contribution in [3.8, 4) is 0 Å². The molecule has 0 saturated carbocycles. The maximum absolute atomic E-state index is 10.8. The van der Waals surface area contributed by atoms with E-state index in [0.29, 0.717) is 0 Å². The van der Waals surface area contributed by atoms with E-state index >= 15 is 0 Å². The number of hydrogen-bond acceptors (Lipinski definition) is 4. The Balaban J connectivity index is 0. The van der Waals surface area contributed by atoms with Crippen LogP contribution in [0.4, 0.5) is 4.53 Å². The fourth-order valence-electron chi connectivity index (χ4n) is 0.170. The maximum atomic E-state index is 10.8. The molecule has 0 bridgehead atoms. The van der Waals surface area contributed by atoms with Crippen molar-refractivity contribution < 1.29 is 17.3 Å². The quantitative estimate of drug-likeness (QED) is 0.607. The fraction of sp³-hybridized carbons (Fsp3) is 0.333. The van der Waals surface area contributed by atoms with Gasteiger partial charge in [-0.2, -0.15) is 8.42 Å². The van der Waals surface area contributed by atoms with E-state index in [-0.39, 0.29) is 6.15 Å². The lowest BCUT2D eigenvalue weighted by Crippen LogP contribution is -2.02. The Bertz CT molecular complexity index is 164. The SMILES string of the molecule is C=CCS(=O)(=O)OF.N. The number of hydrogen-bond donors (Lipinski definition) is 1. The molecule has 0 aromatic carbocycles. The molecule has 0 aliphatic heterocycles. The van der Waals surface area contributed by atoms with E-state index in [0.717, 1.165) is 6.08 Å². The Morgan fingerprint density at radius 3 is 2.22 bits per heavy atom. The second-order valence-electron chi connectivity index (χ2n) is 1.08. The van der Waals surface area contributed by atoms with Crippen LogP contribution in [0.15, 0.2) is 12.7 Å². The molecule has 0 heterocycles. The van der Waals surface area contributed by atoms with Gasteiger partial charge in [0.15, 0.2) is 0 Å². The van der Waals surface area contributed by atoms with E-state index in [1.807, 2.05) is 0 Å². The van der Waals surface area contributed by atoms with Crippen molar-refractivity contribution in [1.29, 1.82) is 0 Å². The minimum Gasteiger partial charge on any atom is -0.344 e. The molecule has 0 aliphatic carbocycles. The Hall–Kier alpha value is -0.460.